The minimum Gasteiger partial charge on any atom is -0.489 e. The Morgan fingerprint density at radius 1 is 1.10 bits per heavy atom. The van der Waals surface area contributed by atoms with Gasteiger partial charge in [0.05, 0.1) is 0 Å². The first-order chi connectivity index (χ1) is 14.0. The summed E-state index contributed by atoms with van der Waals surface area (Å²) in [6.45, 7) is 2.40. The molecule has 0 saturated carbocycles. The molecule has 2 aromatic rings. The summed E-state index contributed by atoms with van der Waals surface area (Å²) >= 11 is 1.68. The highest BCUT2D eigenvalue weighted by molar-refractivity contribution is 7.99. The van der Waals surface area contributed by atoms with E-state index in [1.807, 2.05) is 37.3 Å². The van der Waals surface area contributed by atoms with Crippen LogP contribution in [0.4, 0.5) is 0 Å². The minimum absolute atomic E-state index is 0.367. The molecule has 156 valence electrons. The Morgan fingerprint density at radius 2 is 1.79 bits per heavy atom. The number of nitrogens with one attached hydrogen (secondary N) is 2. The first-order valence-corrected chi connectivity index (χ1v) is 10.5. The van der Waals surface area contributed by atoms with Crippen LogP contribution < -0.4 is 21.3 Å². The first-order valence-electron chi connectivity index (χ1n) is 9.39. The molecule has 0 aliphatic heterocycles. The third kappa shape index (κ3) is 7.77. The molecule has 8 heteroatoms. The minimum atomic E-state index is -1.38. The van der Waals surface area contributed by atoms with Crippen LogP contribution >= 0.6 is 11.8 Å². The maximum Gasteiger partial charge on any atom is 0.269 e. The Labute approximate surface area is 175 Å². The molecule has 2 aromatic carbocycles. The van der Waals surface area contributed by atoms with Crippen molar-refractivity contribution >= 4 is 23.6 Å². The van der Waals surface area contributed by atoms with E-state index in [-0.39, 0.29) is 0 Å². The van der Waals surface area contributed by atoms with Crippen LogP contribution in [0.1, 0.15) is 29.3 Å². The predicted molar refractivity (Wildman–Crippen MR) is 114 cm³/mol. The summed E-state index contributed by atoms with van der Waals surface area (Å²) in [6.07, 6.45) is -0.877. The maximum atomic E-state index is 12.2. The normalized spacial score (nSPS) is 12.7. The fourth-order valence-electron chi connectivity index (χ4n) is 2.42. The Balaban J connectivity index is 1.77. The van der Waals surface area contributed by atoms with Crippen LogP contribution in [0.3, 0.4) is 0 Å². The largest absolute Gasteiger partial charge is 0.489 e. The average Bonchev–Trinajstić information content (AvgIpc) is 2.76. The van der Waals surface area contributed by atoms with Gasteiger partial charge in [-0.25, -0.2) is 0 Å². The Kier molecular flexibility index (Phi) is 9.49. The molecule has 0 saturated heterocycles. The second-order valence-corrected chi connectivity index (χ2v) is 7.73. The highest BCUT2D eigenvalue weighted by atomic mass is 32.2. The fraction of sp³-hybridized carbons (Fsp3) is 0.333. The number of aliphatic hydroxyl groups is 1. The number of thioether (sulfide) groups is 1. The molecule has 0 heterocycles. The zero-order chi connectivity index (χ0) is 21.1. The lowest BCUT2D eigenvalue weighted by Gasteiger charge is -2.18. The summed E-state index contributed by atoms with van der Waals surface area (Å²) in [5.41, 5.74) is 11.6. The molecule has 1 unspecified atom stereocenters. The van der Waals surface area contributed by atoms with Crippen molar-refractivity contribution in [2.45, 2.75) is 32.1 Å². The number of ether oxygens (including phenoxy) is 1. The van der Waals surface area contributed by atoms with Crippen molar-refractivity contribution in [3.8, 4) is 5.75 Å². The van der Waals surface area contributed by atoms with E-state index in [2.05, 4.69) is 10.9 Å². The van der Waals surface area contributed by atoms with Gasteiger partial charge in [-0.1, -0.05) is 37.3 Å². The highest BCUT2D eigenvalue weighted by Gasteiger charge is 2.23. The second-order valence-electron chi connectivity index (χ2n) is 6.34. The molecule has 0 radical (unpaired) electrons. The van der Waals surface area contributed by atoms with Crippen LogP contribution in [-0.4, -0.2) is 40.6 Å². The van der Waals surface area contributed by atoms with Gasteiger partial charge >= 0.3 is 0 Å². The van der Waals surface area contributed by atoms with E-state index >= 15 is 0 Å². The molecule has 7 nitrogen and oxygen atoms in total. The number of carbonyl (C=O) groups is 2. The summed E-state index contributed by atoms with van der Waals surface area (Å²) < 4.78 is 5.66. The SMILES string of the molecule is CCSCC[C@@H](N)C(O)C(=O)NNC(=O)c1ccc(COc2ccccc2)cc1. The van der Waals surface area contributed by atoms with Crippen molar-refractivity contribution in [1.29, 1.82) is 0 Å². The highest BCUT2D eigenvalue weighted by Crippen LogP contribution is 2.12. The third-order valence-corrected chi connectivity index (χ3v) is 5.07. The number of amides is 2. The average molecular weight is 418 g/mol. The van der Waals surface area contributed by atoms with E-state index in [9.17, 15) is 14.7 Å². The molecule has 0 aromatic heterocycles. The van der Waals surface area contributed by atoms with Gasteiger partial charge in [-0.15, -0.1) is 0 Å². The molecule has 0 aliphatic carbocycles. The van der Waals surface area contributed by atoms with Gasteiger partial charge in [0.25, 0.3) is 11.8 Å². The summed E-state index contributed by atoms with van der Waals surface area (Å²) in [4.78, 5) is 24.1. The molecular weight excluding hydrogens is 390 g/mol. The van der Waals surface area contributed by atoms with Crippen molar-refractivity contribution < 1.29 is 19.4 Å². The summed E-state index contributed by atoms with van der Waals surface area (Å²) in [6, 6.07) is 15.6. The lowest BCUT2D eigenvalue weighted by atomic mass is 10.1. The van der Waals surface area contributed by atoms with E-state index in [0.29, 0.717) is 18.6 Å². The van der Waals surface area contributed by atoms with Crippen LogP contribution in [-0.2, 0) is 11.4 Å². The summed E-state index contributed by atoms with van der Waals surface area (Å²) in [5, 5.41) is 9.95. The lowest BCUT2D eigenvalue weighted by molar-refractivity contribution is -0.131. The van der Waals surface area contributed by atoms with Gasteiger partial charge in [0, 0.05) is 11.6 Å². The smallest absolute Gasteiger partial charge is 0.269 e. The second kappa shape index (κ2) is 12.1. The maximum absolute atomic E-state index is 12.2. The molecule has 2 amide bonds. The van der Waals surface area contributed by atoms with E-state index in [0.717, 1.165) is 22.8 Å². The quantitative estimate of drug-likeness (QED) is 0.347. The van der Waals surface area contributed by atoms with Crippen LogP contribution in [0.25, 0.3) is 0 Å². The van der Waals surface area contributed by atoms with Gasteiger partial charge in [0.15, 0.2) is 0 Å². The van der Waals surface area contributed by atoms with E-state index in [1.54, 1.807) is 36.0 Å². The van der Waals surface area contributed by atoms with Crippen LogP contribution in [0, 0.1) is 0 Å². The molecule has 5 N–H and O–H groups in total. The van der Waals surface area contributed by atoms with E-state index in [4.69, 9.17) is 10.5 Å². The van der Waals surface area contributed by atoms with E-state index in [1.165, 1.54) is 0 Å². The van der Waals surface area contributed by atoms with Crippen LogP contribution in [0.5, 0.6) is 5.75 Å². The molecule has 2 atom stereocenters. The topological polar surface area (TPSA) is 114 Å². The Morgan fingerprint density at radius 3 is 2.45 bits per heavy atom. The molecular formula is C21H27N3O4S. The standard InChI is InChI=1S/C21H27N3O4S/c1-2-29-13-12-18(22)19(25)21(27)24-23-20(26)16-10-8-15(9-11-16)14-28-17-6-4-3-5-7-17/h3-11,18-19,25H,2,12-14,22H2,1H3,(H,23,26)(H,24,27)/t18-,19?/m1/s1. The molecule has 0 aliphatic rings. The zero-order valence-electron chi connectivity index (χ0n) is 16.3. The van der Waals surface area contributed by atoms with Gasteiger partial charge < -0.3 is 15.6 Å². The van der Waals surface area contributed by atoms with Crippen molar-refractivity contribution in [1.82, 2.24) is 10.9 Å². The number of nitrogens with two attached hydrogens (primary N) is 1. The number of rotatable bonds is 10. The number of aliphatic hydroxyl groups excluding tert-OH is 1. The molecule has 0 spiro atoms. The molecule has 0 bridgehead atoms. The van der Waals surface area contributed by atoms with Gasteiger partial charge in [0.1, 0.15) is 18.5 Å². The lowest BCUT2D eigenvalue weighted by Crippen LogP contribution is -2.52. The number of para-hydroxylation sites is 1. The molecule has 0 fully saturated rings. The predicted octanol–water partition coefficient (Wildman–Crippen LogP) is 1.86. The number of hydrazine groups is 1. The van der Waals surface area contributed by atoms with Gasteiger partial charge in [-0.2, -0.15) is 11.8 Å². The number of benzene rings is 2. The third-order valence-electron chi connectivity index (χ3n) is 4.14. The fourth-order valence-corrected chi connectivity index (χ4v) is 3.14. The van der Waals surface area contributed by atoms with Crippen LogP contribution in [0.15, 0.2) is 54.6 Å². The van der Waals surface area contributed by atoms with Gasteiger partial charge in [-0.3, -0.25) is 20.4 Å². The molecule has 2 rings (SSSR count). The number of hydrogen-bond acceptors (Lipinski definition) is 6. The Bertz CT molecular complexity index is 771. The van der Waals surface area contributed by atoms with Gasteiger partial charge in [0.2, 0.25) is 0 Å². The summed E-state index contributed by atoms with van der Waals surface area (Å²) in [7, 11) is 0. The zero-order valence-corrected chi connectivity index (χ0v) is 17.2. The van der Waals surface area contributed by atoms with Crippen molar-refractivity contribution in [2.24, 2.45) is 5.73 Å². The van der Waals surface area contributed by atoms with Crippen molar-refractivity contribution in [3.05, 3.63) is 65.7 Å². The van der Waals surface area contributed by atoms with Gasteiger partial charge in [-0.05, 0) is 47.8 Å². The first kappa shape index (κ1) is 22.7. The van der Waals surface area contributed by atoms with Crippen LogP contribution in [0.2, 0.25) is 0 Å². The van der Waals surface area contributed by atoms with Crippen molar-refractivity contribution in [2.75, 3.05) is 11.5 Å². The number of carbonyl (C=O) groups excluding carboxylic acids is 2. The monoisotopic (exact) mass is 417 g/mol. The Hall–Kier alpha value is -2.55. The van der Waals surface area contributed by atoms with E-state index < -0.39 is 24.0 Å². The van der Waals surface area contributed by atoms with Crippen molar-refractivity contribution in [3.63, 3.8) is 0 Å². The number of hydrogen-bond donors (Lipinski definition) is 4. The summed E-state index contributed by atoms with van der Waals surface area (Å²) in [5.74, 6) is 1.25. The molecule has 29 heavy (non-hydrogen) atoms.